The Morgan fingerprint density at radius 3 is 3.05 bits per heavy atom. The SMILES string of the molecule is CCCNC(C)C1CCCN(c2cnn(C)c(=O)c2Cl)C1. The number of aryl methyl sites for hydroxylation is 1. The van der Waals surface area contributed by atoms with E-state index in [2.05, 4.69) is 29.2 Å². The first-order valence-electron chi connectivity index (χ1n) is 7.74. The summed E-state index contributed by atoms with van der Waals surface area (Å²) < 4.78 is 1.28. The summed E-state index contributed by atoms with van der Waals surface area (Å²) in [5.41, 5.74) is 0.542. The molecule has 1 N–H and O–H groups in total. The normalized spacial score (nSPS) is 20.6. The molecule has 1 aromatic rings. The van der Waals surface area contributed by atoms with Gasteiger partial charge >= 0.3 is 0 Å². The smallest absolute Gasteiger partial charge is 0.287 e. The first-order chi connectivity index (χ1) is 10.0. The number of nitrogens with zero attached hydrogens (tertiary/aromatic N) is 3. The fourth-order valence-corrected chi connectivity index (χ4v) is 3.19. The Hall–Kier alpha value is -1.07. The Balaban J connectivity index is 2.11. The van der Waals surface area contributed by atoms with Crippen LogP contribution in [0.25, 0.3) is 0 Å². The third-order valence-corrected chi connectivity index (χ3v) is 4.64. The zero-order valence-corrected chi connectivity index (χ0v) is 13.9. The van der Waals surface area contributed by atoms with Crippen LogP contribution in [0.3, 0.4) is 0 Å². The van der Waals surface area contributed by atoms with Crippen molar-refractivity contribution in [2.75, 3.05) is 24.5 Å². The summed E-state index contributed by atoms with van der Waals surface area (Å²) in [6.45, 7) is 7.33. The molecule has 21 heavy (non-hydrogen) atoms. The standard InChI is InChI=1S/C15H25ClN4O/c1-4-7-17-11(2)12-6-5-8-20(10-12)13-9-18-19(3)15(21)14(13)16/h9,11-12,17H,4-8,10H2,1-3H3. The van der Waals surface area contributed by atoms with Crippen molar-refractivity contribution in [1.82, 2.24) is 15.1 Å². The van der Waals surface area contributed by atoms with Gasteiger partial charge in [-0.2, -0.15) is 5.10 Å². The lowest BCUT2D eigenvalue weighted by Gasteiger charge is -2.37. The number of aromatic nitrogens is 2. The van der Waals surface area contributed by atoms with E-state index in [9.17, 15) is 4.79 Å². The third kappa shape index (κ3) is 3.77. The summed E-state index contributed by atoms with van der Waals surface area (Å²) in [6.07, 6.45) is 5.18. The van der Waals surface area contributed by atoms with Crippen molar-refractivity contribution in [2.24, 2.45) is 13.0 Å². The van der Waals surface area contributed by atoms with Crippen LogP contribution >= 0.6 is 11.6 Å². The average Bonchev–Trinajstić information content (AvgIpc) is 2.50. The van der Waals surface area contributed by atoms with Crippen LogP contribution in [0.2, 0.25) is 5.02 Å². The Kier molecular flexibility index (Phi) is 5.65. The summed E-state index contributed by atoms with van der Waals surface area (Å²) in [5, 5.41) is 7.94. The molecule has 5 nitrogen and oxygen atoms in total. The number of piperidine rings is 1. The number of halogens is 1. The van der Waals surface area contributed by atoms with E-state index in [1.54, 1.807) is 13.2 Å². The molecule has 1 saturated heterocycles. The topological polar surface area (TPSA) is 50.2 Å². The van der Waals surface area contributed by atoms with Crippen molar-refractivity contribution in [2.45, 2.75) is 39.2 Å². The Bertz CT molecular complexity index is 531. The Labute approximate surface area is 131 Å². The number of rotatable bonds is 5. The van der Waals surface area contributed by atoms with E-state index in [0.717, 1.165) is 38.2 Å². The molecule has 2 rings (SSSR count). The third-order valence-electron chi connectivity index (χ3n) is 4.28. The highest BCUT2D eigenvalue weighted by atomic mass is 35.5. The molecule has 1 fully saturated rings. The molecule has 0 spiro atoms. The van der Waals surface area contributed by atoms with Gasteiger partial charge in [-0.3, -0.25) is 4.79 Å². The maximum Gasteiger partial charge on any atom is 0.287 e. The number of hydrogen-bond donors (Lipinski definition) is 1. The Morgan fingerprint density at radius 1 is 1.57 bits per heavy atom. The minimum absolute atomic E-state index is 0.228. The second-order valence-electron chi connectivity index (χ2n) is 5.86. The second-order valence-corrected chi connectivity index (χ2v) is 6.24. The van der Waals surface area contributed by atoms with Gasteiger partial charge in [0.15, 0.2) is 0 Å². The van der Waals surface area contributed by atoms with Crippen LogP contribution in [0.15, 0.2) is 11.0 Å². The van der Waals surface area contributed by atoms with Crippen molar-refractivity contribution < 1.29 is 0 Å². The molecule has 0 radical (unpaired) electrons. The zero-order valence-electron chi connectivity index (χ0n) is 13.1. The molecule has 6 heteroatoms. The van der Waals surface area contributed by atoms with Gasteiger partial charge in [0.2, 0.25) is 0 Å². The number of hydrogen-bond acceptors (Lipinski definition) is 4. The molecular weight excluding hydrogens is 288 g/mol. The summed E-state index contributed by atoms with van der Waals surface area (Å²) in [6, 6.07) is 0.478. The highest BCUT2D eigenvalue weighted by Gasteiger charge is 2.26. The number of anilines is 1. The predicted molar refractivity (Wildman–Crippen MR) is 87.2 cm³/mol. The van der Waals surface area contributed by atoms with Crippen LogP contribution in [0.1, 0.15) is 33.1 Å². The molecule has 2 heterocycles. The average molecular weight is 313 g/mol. The zero-order chi connectivity index (χ0) is 15.4. The minimum atomic E-state index is -0.228. The van der Waals surface area contributed by atoms with Gasteiger partial charge in [-0.1, -0.05) is 18.5 Å². The van der Waals surface area contributed by atoms with Gasteiger partial charge in [0.25, 0.3) is 5.56 Å². The van der Waals surface area contributed by atoms with Gasteiger partial charge in [-0.05, 0) is 38.6 Å². The van der Waals surface area contributed by atoms with E-state index in [-0.39, 0.29) is 10.6 Å². The van der Waals surface area contributed by atoms with Crippen LogP contribution in [0.5, 0.6) is 0 Å². The highest BCUT2D eigenvalue weighted by Crippen LogP contribution is 2.28. The molecule has 1 aromatic heterocycles. The van der Waals surface area contributed by atoms with E-state index in [0.29, 0.717) is 12.0 Å². The van der Waals surface area contributed by atoms with Crippen LogP contribution in [0.4, 0.5) is 5.69 Å². The molecule has 2 unspecified atom stereocenters. The minimum Gasteiger partial charge on any atom is -0.369 e. The molecule has 0 aliphatic carbocycles. The van der Waals surface area contributed by atoms with E-state index >= 15 is 0 Å². The van der Waals surface area contributed by atoms with E-state index in [4.69, 9.17) is 11.6 Å². The molecular formula is C15H25ClN4O. The molecule has 0 aromatic carbocycles. The van der Waals surface area contributed by atoms with E-state index in [1.165, 1.54) is 11.1 Å². The van der Waals surface area contributed by atoms with Crippen LogP contribution in [-0.4, -0.2) is 35.5 Å². The largest absolute Gasteiger partial charge is 0.369 e. The lowest BCUT2D eigenvalue weighted by Crippen LogP contribution is -2.45. The maximum atomic E-state index is 11.9. The fraction of sp³-hybridized carbons (Fsp3) is 0.733. The van der Waals surface area contributed by atoms with Crippen molar-refractivity contribution in [3.8, 4) is 0 Å². The predicted octanol–water partition coefficient (Wildman–Crippen LogP) is 2.04. The van der Waals surface area contributed by atoms with Gasteiger partial charge in [-0.25, -0.2) is 4.68 Å². The second kappa shape index (κ2) is 7.27. The Morgan fingerprint density at radius 2 is 2.33 bits per heavy atom. The highest BCUT2D eigenvalue weighted by molar-refractivity contribution is 6.33. The molecule has 118 valence electrons. The maximum absolute atomic E-state index is 11.9. The fourth-order valence-electron chi connectivity index (χ4n) is 2.90. The van der Waals surface area contributed by atoms with Gasteiger partial charge in [0.1, 0.15) is 5.02 Å². The van der Waals surface area contributed by atoms with Gasteiger partial charge in [0.05, 0.1) is 11.9 Å². The van der Waals surface area contributed by atoms with Gasteiger partial charge in [-0.15, -0.1) is 0 Å². The molecule has 0 bridgehead atoms. The first kappa shape index (κ1) is 16.3. The molecule has 1 aliphatic heterocycles. The van der Waals surface area contributed by atoms with Crippen LogP contribution < -0.4 is 15.8 Å². The van der Waals surface area contributed by atoms with Crippen molar-refractivity contribution >= 4 is 17.3 Å². The van der Waals surface area contributed by atoms with Crippen molar-refractivity contribution in [1.29, 1.82) is 0 Å². The molecule has 1 aliphatic rings. The summed E-state index contributed by atoms with van der Waals surface area (Å²) >= 11 is 6.21. The van der Waals surface area contributed by atoms with E-state index < -0.39 is 0 Å². The van der Waals surface area contributed by atoms with Crippen LogP contribution in [0, 0.1) is 5.92 Å². The monoisotopic (exact) mass is 312 g/mol. The van der Waals surface area contributed by atoms with Gasteiger partial charge < -0.3 is 10.2 Å². The summed E-state index contributed by atoms with van der Waals surface area (Å²) in [4.78, 5) is 14.1. The first-order valence-corrected chi connectivity index (χ1v) is 8.12. The summed E-state index contributed by atoms with van der Waals surface area (Å²) in [5.74, 6) is 0.574. The van der Waals surface area contributed by atoms with Crippen LogP contribution in [-0.2, 0) is 7.05 Å². The molecule has 0 saturated carbocycles. The van der Waals surface area contributed by atoms with Crippen molar-refractivity contribution in [3.05, 3.63) is 21.6 Å². The van der Waals surface area contributed by atoms with Crippen molar-refractivity contribution in [3.63, 3.8) is 0 Å². The molecule has 0 amide bonds. The number of nitrogens with one attached hydrogen (secondary N) is 1. The molecule has 2 atom stereocenters. The summed E-state index contributed by atoms with van der Waals surface area (Å²) in [7, 11) is 1.62. The van der Waals surface area contributed by atoms with Gasteiger partial charge in [0, 0.05) is 26.2 Å². The lowest BCUT2D eigenvalue weighted by molar-refractivity contribution is 0.320. The quantitative estimate of drug-likeness (QED) is 0.904. The van der Waals surface area contributed by atoms with E-state index in [1.807, 2.05) is 0 Å². The lowest BCUT2D eigenvalue weighted by atomic mass is 9.91.